The molecule has 0 unspecified atom stereocenters. The Morgan fingerprint density at radius 2 is 1.90 bits per heavy atom. The van der Waals surface area contributed by atoms with Gasteiger partial charge in [-0.3, -0.25) is 14.6 Å². The summed E-state index contributed by atoms with van der Waals surface area (Å²) in [5.74, 6) is 0.330. The number of carbonyl (C=O) groups is 2. The molecule has 3 saturated carbocycles. The van der Waals surface area contributed by atoms with Crippen molar-refractivity contribution in [3.63, 3.8) is 0 Å². The normalized spacial score (nSPS) is 24.2. The van der Waals surface area contributed by atoms with E-state index >= 15 is 0 Å². The van der Waals surface area contributed by atoms with Gasteiger partial charge in [0.15, 0.2) is 12.4 Å². The largest absolute Gasteiger partial charge is 0.484 e. The van der Waals surface area contributed by atoms with Gasteiger partial charge >= 0.3 is 0 Å². The van der Waals surface area contributed by atoms with Gasteiger partial charge in [0.2, 0.25) is 0 Å². The van der Waals surface area contributed by atoms with Gasteiger partial charge in [-0.25, -0.2) is 0 Å². The Kier molecular flexibility index (Phi) is 5.27. The summed E-state index contributed by atoms with van der Waals surface area (Å²) in [5, 5.41) is 13.0. The lowest BCUT2D eigenvalue weighted by Gasteiger charge is -2.70. The third-order valence-electron chi connectivity index (χ3n) is 5.64. The molecule has 0 aliphatic heterocycles. The summed E-state index contributed by atoms with van der Waals surface area (Å²) in [5.41, 5.74) is 0.811. The number of halogens is 2. The predicted octanol–water partition coefficient (Wildman–Crippen LogP) is 3.57. The molecule has 1 aromatic heterocycles. The molecular formula is C21H20Cl2N2O4. The molecule has 5 rings (SSSR count). The van der Waals surface area contributed by atoms with Gasteiger partial charge in [0.05, 0.1) is 22.3 Å². The van der Waals surface area contributed by atoms with Crippen LogP contribution in [0.15, 0.2) is 36.5 Å². The first-order valence-corrected chi connectivity index (χ1v) is 10.1. The highest BCUT2D eigenvalue weighted by Crippen LogP contribution is 2.69. The summed E-state index contributed by atoms with van der Waals surface area (Å²) in [4.78, 5) is 28.8. The van der Waals surface area contributed by atoms with Gasteiger partial charge in [-0.1, -0.05) is 23.2 Å². The van der Waals surface area contributed by atoms with Crippen molar-refractivity contribution in [3.05, 3.63) is 57.8 Å². The molecule has 3 fully saturated rings. The summed E-state index contributed by atoms with van der Waals surface area (Å²) < 4.78 is 5.47. The molecule has 6 nitrogen and oxygen atoms in total. The van der Waals surface area contributed by atoms with E-state index in [1.807, 2.05) is 0 Å². The summed E-state index contributed by atoms with van der Waals surface area (Å²) in [6, 6.07) is 8.15. The molecule has 0 atom stereocenters. The zero-order valence-electron chi connectivity index (χ0n) is 15.6. The number of aromatic nitrogens is 1. The minimum atomic E-state index is -0.215. The SMILES string of the molecule is O=C(COc1ccc(Cl)c(Cl)c1)NC12CC(CC(=O)c3ccnc(CO)c3)(C1)C2. The summed E-state index contributed by atoms with van der Waals surface area (Å²) in [6.07, 6.45) is 4.36. The highest BCUT2D eigenvalue weighted by Gasteiger charge is 2.68. The number of hydrogen-bond acceptors (Lipinski definition) is 5. The third-order valence-corrected chi connectivity index (χ3v) is 6.38. The van der Waals surface area contributed by atoms with Crippen molar-refractivity contribution >= 4 is 34.9 Å². The number of aliphatic hydroxyl groups is 1. The van der Waals surface area contributed by atoms with E-state index < -0.39 is 0 Å². The second-order valence-corrected chi connectivity index (χ2v) is 8.83. The maximum Gasteiger partial charge on any atom is 0.258 e. The van der Waals surface area contributed by atoms with Gasteiger partial charge in [0.25, 0.3) is 5.91 Å². The van der Waals surface area contributed by atoms with Gasteiger partial charge in [0.1, 0.15) is 5.75 Å². The Hall–Kier alpha value is -2.15. The number of hydrogen-bond donors (Lipinski definition) is 2. The predicted molar refractivity (Wildman–Crippen MR) is 108 cm³/mol. The zero-order valence-corrected chi connectivity index (χ0v) is 17.1. The Morgan fingerprint density at radius 3 is 2.59 bits per heavy atom. The van der Waals surface area contributed by atoms with E-state index in [2.05, 4.69) is 10.3 Å². The van der Waals surface area contributed by atoms with Crippen molar-refractivity contribution in [1.82, 2.24) is 10.3 Å². The maximum atomic E-state index is 12.5. The molecule has 0 spiro atoms. The van der Waals surface area contributed by atoms with Crippen LogP contribution < -0.4 is 10.1 Å². The van der Waals surface area contributed by atoms with E-state index in [1.165, 1.54) is 6.20 Å². The molecule has 2 aromatic rings. The Bertz CT molecular complexity index is 959. The monoisotopic (exact) mass is 434 g/mol. The van der Waals surface area contributed by atoms with Crippen LogP contribution in [0.5, 0.6) is 5.75 Å². The Balaban J connectivity index is 1.24. The molecule has 8 heteroatoms. The van der Waals surface area contributed by atoms with E-state index in [0.717, 1.165) is 19.3 Å². The molecule has 29 heavy (non-hydrogen) atoms. The average Bonchev–Trinajstić information content (AvgIpc) is 2.66. The van der Waals surface area contributed by atoms with E-state index in [0.29, 0.717) is 33.5 Å². The summed E-state index contributed by atoms with van der Waals surface area (Å²) in [6.45, 7) is -0.293. The highest BCUT2D eigenvalue weighted by molar-refractivity contribution is 6.42. The lowest BCUT2D eigenvalue weighted by molar-refractivity contribution is -0.164. The van der Waals surface area contributed by atoms with Crippen molar-refractivity contribution in [2.45, 2.75) is 37.8 Å². The maximum absolute atomic E-state index is 12.5. The van der Waals surface area contributed by atoms with E-state index in [-0.39, 0.29) is 35.9 Å². The number of nitrogens with zero attached hydrogens (tertiary/aromatic N) is 1. The molecule has 0 saturated heterocycles. The molecule has 0 radical (unpaired) electrons. The number of carbonyl (C=O) groups excluding carboxylic acids is 2. The molecule has 1 amide bonds. The van der Waals surface area contributed by atoms with E-state index in [4.69, 9.17) is 33.0 Å². The molecule has 2 N–H and O–H groups in total. The standard InChI is InChI=1S/C21H20Cl2N2O4/c22-16-2-1-15(6-17(16)23)29-9-19(28)25-21-10-20(11-21,12-21)7-18(27)13-3-4-24-14(5-13)8-26/h1-6,26H,7-12H2,(H,25,28). The molecule has 1 aromatic carbocycles. The fourth-order valence-corrected chi connectivity index (χ4v) is 4.83. The first-order chi connectivity index (χ1) is 13.8. The topological polar surface area (TPSA) is 88.5 Å². The second-order valence-electron chi connectivity index (χ2n) is 8.02. The second kappa shape index (κ2) is 7.59. The molecule has 3 aliphatic rings. The lowest BCUT2D eigenvalue weighted by Crippen LogP contribution is -2.75. The number of nitrogens with one attached hydrogen (secondary N) is 1. The number of benzene rings is 1. The summed E-state index contributed by atoms with van der Waals surface area (Å²) in [7, 11) is 0. The number of rotatable bonds is 8. The van der Waals surface area contributed by atoms with Crippen molar-refractivity contribution < 1.29 is 19.4 Å². The Labute approximate surface area is 178 Å². The van der Waals surface area contributed by atoms with Gasteiger partial charge < -0.3 is 15.2 Å². The van der Waals surface area contributed by atoms with Crippen LogP contribution in [0.1, 0.15) is 41.7 Å². The minimum Gasteiger partial charge on any atom is -0.484 e. The van der Waals surface area contributed by atoms with Crippen molar-refractivity contribution in [2.75, 3.05) is 6.61 Å². The van der Waals surface area contributed by atoms with Gasteiger partial charge in [-0.05, 0) is 48.9 Å². The quantitative estimate of drug-likeness (QED) is 0.619. The number of amides is 1. The van der Waals surface area contributed by atoms with Crippen molar-refractivity contribution in [2.24, 2.45) is 5.41 Å². The van der Waals surface area contributed by atoms with Crippen LogP contribution in [0.3, 0.4) is 0 Å². The number of ether oxygens (including phenoxy) is 1. The number of Topliss-reactive ketones (excluding diaryl/α,β-unsaturated/α-hetero) is 1. The molecule has 1 heterocycles. The molecular weight excluding hydrogens is 415 g/mol. The van der Waals surface area contributed by atoms with E-state index in [9.17, 15) is 9.59 Å². The molecule has 152 valence electrons. The van der Waals surface area contributed by atoms with Crippen molar-refractivity contribution in [1.29, 1.82) is 0 Å². The van der Waals surface area contributed by atoms with Crippen LogP contribution in [0.25, 0.3) is 0 Å². The first-order valence-electron chi connectivity index (χ1n) is 9.30. The first kappa shape index (κ1) is 20.1. The average molecular weight is 435 g/mol. The van der Waals surface area contributed by atoms with Crippen molar-refractivity contribution in [3.8, 4) is 5.75 Å². The lowest BCUT2D eigenvalue weighted by atomic mass is 9.38. The summed E-state index contributed by atoms with van der Waals surface area (Å²) >= 11 is 11.8. The van der Waals surface area contributed by atoms with Gasteiger partial charge in [-0.2, -0.15) is 0 Å². The van der Waals surface area contributed by atoms with E-state index in [1.54, 1.807) is 30.3 Å². The van der Waals surface area contributed by atoms with Gasteiger partial charge in [-0.15, -0.1) is 0 Å². The van der Waals surface area contributed by atoms with Gasteiger partial charge in [0, 0.05) is 29.8 Å². The number of pyridine rings is 1. The van der Waals surface area contributed by atoms with Crippen LogP contribution in [0.2, 0.25) is 10.0 Å². The van der Waals surface area contributed by atoms with Crippen LogP contribution in [0.4, 0.5) is 0 Å². The fourth-order valence-electron chi connectivity index (χ4n) is 4.55. The molecule has 2 bridgehead atoms. The third kappa shape index (κ3) is 4.10. The highest BCUT2D eigenvalue weighted by atomic mass is 35.5. The smallest absolute Gasteiger partial charge is 0.258 e. The van der Waals surface area contributed by atoms with Crippen LogP contribution in [0, 0.1) is 5.41 Å². The van der Waals surface area contributed by atoms with Crippen LogP contribution in [-0.2, 0) is 11.4 Å². The van der Waals surface area contributed by atoms with Crippen LogP contribution in [-0.4, -0.2) is 33.9 Å². The Morgan fingerprint density at radius 1 is 1.14 bits per heavy atom. The minimum absolute atomic E-state index is 0.0302. The fraction of sp³-hybridized carbons (Fsp3) is 0.381. The van der Waals surface area contributed by atoms with Crippen LogP contribution >= 0.6 is 23.2 Å². The number of ketones is 1. The number of aliphatic hydroxyl groups excluding tert-OH is 1. The zero-order chi connectivity index (χ0) is 20.6. The molecule has 3 aliphatic carbocycles.